The first kappa shape index (κ1) is 25.2. The van der Waals surface area contributed by atoms with Crippen molar-refractivity contribution >= 4 is 29.4 Å². The van der Waals surface area contributed by atoms with Gasteiger partial charge in [-0.05, 0) is 54.8 Å². The van der Waals surface area contributed by atoms with Crippen LogP contribution in [0.2, 0.25) is 0 Å². The first-order valence-corrected chi connectivity index (χ1v) is 13.9. The summed E-state index contributed by atoms with van der Waals surface area (Å²) in [6.45, 7) is -0.116. The van der Waals surface area contributed by atoms with Gasteiger partial charge in [-0.1, -0.05) is 42.5 Å². The number of fused-ring (bicyclic) bond motifs is 1. The lowest BCUT2D eigenvalue weighted by molar-refractivity contribution is -0.123. The van der Waals surface area contributed by atoms with Gasteiger partial charge in [0.15, 0.2) is 0 Å². The Morgan fingerprint density at radius 1 is 1.05 bits per heavy atom. The van der Waals surface area contributed by atoms with Gasteiger partial charge in [0.05, 0.1) is 29.5 Å². The largest absolute Gasteiger partial charge is 0.497 e. The molecule has 3 aromatic carbocycles. The van der Waals surface area contributed by atoms with Crippen LogP contribution in [0.5, 0.6) is 5.75 Å². The fourth-order valence-corrected chi connectivity index (χ4v) is 5.98. The van der Waals surface area contributed by atoms with Crippen molar-refractivity contribution in [3.63, 3.8) is 0 Å². The van der Waals surface area contributed by atoms with Crippen molar-refractivity contribution in [3.05, 3.63) is 95.8 Å². The molecule has 198 valence electrons. The van der Waals surface area contributed by atoms with Crippen LogP contribution < -0.4 is 15.0 Å². The lowest BCUT2D eigenvalue weighted by Crippen LogP contribution is -2.43. The highest BCUT2D eigenvalue weighted by molar-refractivity contribution is 8.00. The predicted molar refractivity (Wildman–Crippen MR) is 150 cm³/mol. The van der Waals surface area contributed by atoms with E-state index in [2.05, 4.69) is 5.32 Å². The number of benzene rings is 3. The van der Waals surface area contributed by atoms with Gasteiger partial charge in [0.25, 0.3) is 0 Å². The van der Waals surface area contributed by atoms with Gasteiger partial charge in [-0.15, -0.1) is 11.8 Å². The van der Waals surface area contributed by atoms with E-state index in [1.165, 1.54) is 23.9 Å². The van der Waals surface area contributed by atoms with E-state index in [-0.39, 0.29) is 41.2 Å². The molecule has 1 atom stereocenters. The van der Waals surface area contributed by atoms with Gasteiger partial charge in [-0.25, -0.2) is 9.07 Å². The fraction of sp³-hybridized carbons (Fsp3) is 0.233. The standard InChI is InChI=1S/C30H27FN4O3S/c1-38-24-15-13-23(14-16-24)35-30-27(28(33-35)19-5-3-2-4-6-19)29(20-7-9-21(31)10-8-20)39-18-26(37)34(30)17-25(36)32-22-11-12-22/h2-10,13-16,22,29H,11-12,17-18H2,1H3,(H,32,36)/t29-/m1/s1. The average Bonchev–Trinajstić information content (AvgIpc) is 3.72. The first-order valence-electron chi connectivity index (χ1n) is 12.8. The number of aromatic nitrogens is 2. The summed E-state index contributed by atoms with van der Waals surface area (Å²) >= 11 is 1.46. The summed E-state index contributed by atoms with van der Waals surface area (Å²) in [5.41, 5.74) is 3.96. The molecule has 0 bridgehead atoms. The monoisotopic (exact) mass is 542 g/mol. The maximum Gasteiger partial charge on any atom is 0.240 e. The van der Waals surface area contributed by atoms with Crippen molar-refractivity contribution in [1.82, 2.24) is 15.1 Å². The highest BCUT2D eigenvalue weighted by Gasteiger charge is 2.38. The van der Waals surface area contributed by atoms with E-state index in [9.17, 15) is 14.0 Å². The number of amides is 2. The molecule has 2 heterocycles. The Kier molecular flexibility index (Phi) is 6.83. The maximum absolute atomic E-state index is 13.9. The minimum atomic E-state index is -0.329. The van der Waals surface area contributed by atoms with Crippen LogP contribution in [0.15, 0.2) is 78.9 Å². The van der Waals surface area contributed by atoms with Crippen LogP contribution in [0, 0.1) is 5.82 Å². The van der Waals surface area contributed by atoms with Crippen molar-refractivity contribution in [3.8, 4) is 22.7 Å². The number of nitrogens with zero attached hydrogens (tertiary/aromatic N) is 3. The van der Waals surface area contributed by atoms with E-state index in [4.69, 9.17) is 9.84 Å². The Morgan fingerprint density at radius 2 is 1.77 bits per heavy atom. The minimum Gasteiger partial charge on any atom is -0.497 e. The molecule has 39 heavy (non-hydrogen) atoms. The summed E-state index contributed by atoms with van der Waals surface area (Å²) in [5, 5.41) is 7.74. The lowest BCUT2D eigenvalue weighted by atomic mass is 9.99. The van der Waals surface area contributed by atoms with Crippen LogP contribution in [0.3, 0.4) is 0 Å². The Labute approximate surface area is 230 Å². The zero-order valence-electron chi connectivity index (χ0n) is 21.3. The van der Waals surface area contributed by atoms with E-state index >= 15 is 0 Å². The molecule has 1 saturated carbocycles. The Bertz CT molecular complexity index is 1500. The summed E-state index contributed by atoms with van der Waals surface area (Å²) in [5.74, 6) is 0.664. The molecule has 0 saturated heterocycles. The normalized spacial score (nSPS) is 16.9. The molecule has 9 heteroatoms. The Morgan fingerprint density at radius 3 is 2.44 bits per heavy atom. The van der Waals surface area contributed by atoms with Crippen molar-refractivity contribution in [2.45, 2.75) is 24.1 Å². The van der Waals surface area contributed by atoms with Gasteiger partial charge in [0.1, 0.15) is 23.9 Å². The molecule has 2 aliphatic rings. The topological polar surface area (TPSA) is 76.5 Å². The molecule has 1 N–H and O–H groups in total. The number of carbonyl (C=O) groups excluding carboxylic acids is 2. The van der Waals surface area contributed by atoms with Crippen LogP contribution in [0.25, 0.3) is 16.9 Å². The van der Waals surface area contributed by atoms with Gasteiger partial charge >= 0.3 is 0 Å². The summed E-state index contributed by atoms with van der Waals surface area (Å²) in [4.78, 5) is 28.3. The van der Waals surface area contributed by atoms with Gasteiger partial charge < -0.3 is 10.1 Å². The second kappa shape index (κ2) is 10.6. The summed E-state index contributed by atoms with van der Waals surface area (Å²) in [6, 6.07) is 23.7. The average molecular weight is 543 g/mol. The third kappa shape index (κ3) is 5.14. The molecule has 0 radical (unpaired) electrons. The molecule has 1 aliphatic heterocycles. The number of carbonyl (C=O) groups is 2. The predicted octanol–water partition coefficient (Wildman–Crippen LogP) is 5.13. The van der Waals surface area contributed by atoms with Crippen LogP contribution in [0.4, 0.5) is 10.2 Å². The fourth-order valence-electron chi connectivity index (χ4n) is 4.78. The van der Waals surface area contributed by atoms with E-state index in [1.807, 2.05) is 54.6 Å². The van der Waals surface area contributed by atoms with Crippen molar-refractivity contribution < 1.29 is 18.7 Å². The molecular weight excluding hydrogens is 515 g/mol. The van der Waals surface area contributed by atoms with Gasteiger partial charge in [-0.2, -0.15) is 5.10 Å². The molecule has 2 amide bonds. The quantitative estimate of drug-likeness (QED) is 0.350. The first-order chi connectivity index (χ1) is 19.0. The highest BCUT2D eigenvalue weighted by atomic mass is 32.2. The molecule has 0 spiro atoms. The molecule has 7 nitrogen and oxygen atoms in total. The van der Waals surface area contributed by atoms with E-state index in [1.54, 1.807) is 28.8 Å². The minimum absolute atomic E-state index is 0.116. The van der Waals surface area contributed by atoms with Gasteiger partial charge in [-0.3, -0.25) is 14.5 Å². The van der Waals surface area contributed by atoms with Gasteiger partial charge in [0.2, 0.25) is 11.8 Å². The third-order valence-corrected chi connectivity index (χ3v) is 8.13. The number of hydrogen-bond donors (Lipinski definition) is 1. The molecule has 4 aromatic rings. The summed E-state index contributed by atoms with van der Waals surface area (Å²) in [7, 11) is 1.60. The number of methoxy groups -OCH3 is 1. The Balaban J connectivity index is 1.58. The number of hydrogen-bond acceptors (Lipinski definition) is 5. The molecular formula is C30H27FN4O3S. The van der Waals surface area contributed by atoms with Crippen LogP contribution in [-0.4, -0.2) is 47.0 Å². The second-order valence-corrected chi connectivity index (χ2v) is 10.7. The molecule has 1 fully saturated rings. The van der Waals surface area contributed by atoms with Crippen molar-refractivity contribution in [2.75, 3.05) is 24.3 Å². The number of anilines is 1. The smallest absolute Gasteiger partial charge is 0.240 e. The van der Waals surface area contributed by atoms with Crippen molar-refractivity contribution in [1.29, 1.82) is 0 Å². The maximum atomic E-state index is 13.9. The summed E-state index contributed by atoms with van der Waals surface area (Å²) < 4.78 is 21.0. The van der Waals surface area contributed by atoms with Crippen LogP contribution >= 0.6 is 11.8 Å². The molecule has 0 unspecified atom stereocenters. The SMILES string of the molecule is COc1ccc(-n2nc(-c3ccccc3)c3c2N(CC(=O)NC2CC2)C(=O)CS[C@@H]3c2ccc(F)cc2)cc1. The van der Waals surface area contributed by atoms with E-state index in [0.717, 1.165) is 35.2 Å². The third-order valence-electron chi connectivity index (χ3n) is 6.87. The van der Waals surface area contributed by atoms with E-state index < -0.39 is 0 Å². The molecule has 1 aliphatic carbocycles. The zero-order chi connectivity index (χ0) is 26.9. The van der Waals surface area contributed by atoms with Gasteiger partial charge in [0, 0.05) is 17.2 Å². The second-order valence-electron chi connectivity index (χ2n) is 9.63. The number of halogens is 1. The lowest BCUT2D eigenvalue weighted by Gasteiger charge is -2.23. The van der Waals surface area contributed by atoms with Crippen molar-refractivity contribution in [2.24, 2.45) is 0 Å². The summed E-state index contributed by atoms with van der Waals surface area (Å²) in [6.07, 6.45) is 1.91. The zero-order valence-corrected chi connectivity index (χ0v) is 22.2. The number of ether oxygens (including phenoxy) is 1. The molecule has 1 aromatic heterocycles. The van der Waals surface area contributed by atoms with E-state index in [0.29, 0.717) is 17.3 Å². The molecule has 6 rings (SSSR count). The number of nitrogens with one attached hydrogen (secondary N) is 1. The van der Waals surface area contributed by atoms with Crippen LogP contribution in [0.1, 0.15) is 29.2 Å². The number of thioether (sulfide) groups is 1. The highest BCUT2D eigenvalue weighted by Crippen LogP contribution is 2.48. The van der Waals surface area contributed by atoms with Crippen LogP contribution in [-0.2, 0) is 9.59 Å². The Hall–Kier alpha value is -4.11. The number of rotatable bonds is 7.